The molecular formula is C13H14ClNOS. The lowest BCUT2D eigenvalue weighted by atomic mass is 10.1. The molecule has 17 heavy (non-hydrogen) atoms. The Kier molecular flexibility index (Phi) is 3.82. The molecule has 0 aliphatic heterocycles. The third-order valence-corrected chi connectivity index (χ3v) is 4.16. The molecule has 0 radical (unpaired) electrons. The number of benzene rings is 1. The summed E-state index contributed by atoms with van der Waals surface area (Å²) in [6, 6.07) is 7.87. The van der Waals surface area contributed by atoms with Crippen LogP contribution in [0.5, 0.6) is 0 Å². The molecule has 0 amide bonds. The smallest absolute Gasteiger partial charge is 0.114 e. The molecule has 0 spiro atoms. The van der Waals surface area contributed by atoms with Gasteiger partial charge in [0.25, 0.3) is 0 Å². The van der Waals surface area contributed by atoms with Gasteiger partial charge in [-0.15, -0.1) is 0 Å². The molecule has 0 fully saturated rings. The summed E-state index contributed by atoms with van der Waals surface area (Å²) in [5.41, 5.74) is 6.86. The van der Waals surface area contributed by atoms with Crippen molar-refractivity contribution in [2.75, 3.05) is 0 Å². The lowest BCUT2D eigenvalue weighted by molar-refractivity contribution is 0.527. The molecule has 2 N–H and O–H groups in total. The molecular weight excluding hydrogens is 254 g/mol. The highest BCUT2D eigenvalue weighted by Crippen LogP contribution is 2.36. The van der Waals surface area contributed by atoms with Gasteiger partial charge in [-0.1, -0.05) is 29.4 Å². The number of nitrogens with two attached hydrogens (primary N) is 1. The molecule has 0 unspecified atom stereocenters. The van der Waals surface area contributed by atoms with Gasteiger partial charge in [-0.25, -0.2) is 0 Å². The first-order valence-corrected chi connectivity index (χ1v) is 6.54. The van der Waals surface area contributed by atoms with Crippen LogP contribution in [0.2, 0.25) is 5.02 Å². The van der Waals surface area contributed by atoms with Crippen molar-refractivity contribution in [2.45, 2.75) is 29.7 Å². The minimum Gasteiger partial charge on any atom is -0.468 e. The normalized spacial score (nSPS) is 12.7. The van der Waals surface area contributed by atoms with Gasteiger partial charge in [-0.2, -0.15) is 0 Å². The Balaban J connectivity index is 2.26. The molecule has 1 aromatic carbocycles. The minimum absolute atomic E-state index is 0.00205. The van der Waals surface area contributed by atoms with Crippen LogP contribution in [0.15, 0.2) is 44.7 Å². The number of rotatable bonds is 3. The zero-order chi connectivity index (χ0) is 12.4. The van der Waals surface area contributed by atoms with Crippen LogP contribution in [0.1, 0.15) is 24.3 Å². The third-order valence-electron chi connectivity index (χ3n) is 2.51. The SMILES string of the molecule is Cc1occc1Sc1ccc([C@@H](C)N)cc1Cl. The van der Waals surface area contributed by atoms with E-state index in [2.05, 4.69) is 0 Å². The van der Waals surface area contributed by atoms with E-state index in [9.17, 15) is 0 Å². The molecule has 0 saturated carbocycles. The summed E-state index contributed by atoms with van der Waals surface area (Å²) < 4.78 is 5.25. The van der Waals surface area contributed by atoms with Crippen molar-refractivity contribution in [3.63, 3.8) is 0 Å². The highest BCUT2D eigenvalue weighted by molar-refractivity contribution is 7.99. The zero-order valence-corrected chi connectivity index (χ0v) is 11.3. The fourth-order valence-electron chi connectivity index (χ4n) is 1.48. The van der Waals surface area contributed by atoms with Gasteiger partial charge >= 0.3 is 0 Å². The summed E-state index contributed by atoms with van der Waals surface area (Å²) in [7, 11) is 0. The molecule has 0 aliphatic rings. The Morgan fingerprint density at radius 1 is 1.29 bits per heavy atom. The highest BCUT2D eigenvalue weighted by Gasteiger charge is 2.09. The molecule has 90 valence electrons. The summed E-state index contributed by atoms with van der Waals surface area (Å²) in [5, 5.41) is 0.727. The van der Waals surface area contributed by atoms with Crippen molar-refractivity contribution in [2.24, 2.45) is 5.73 Å². The van der Waals surface area contributed by atoms with Crippen LogP contribution in [0.25, 0.3) is 0 Å². The first-order valence-electron chi connectivity index (χ1n) is 5.35. The van der Waals surface area contributed by atoms with Gasteiger partial charge < -0.3 is 10.2 Å². The minimum atomic E-state index is 0.00205. The standard InChI is InChI=1S/C13H14ClNOS/c1-8(15)10-3-4-13(11(14)7-10)17-12-5-6-16-9(12)2/h3-8H,15H2,1-2H3/t8-/m1/s1. The summed E-state index contributed by atoms with van der Waals surface area (Å²) in [6.07, 6.45) is 1.68. The van der Waals surface area contributed by atoms with E-state index in [4.69, 9.17) is 21.8 Å². The van der Waals surface area contributed by atoms with Gasteiger partial charge in [0.15, 0.2) is 0 Å². The predicted octanol–water partition coefficient (Wildman–Crippen LogP) is 4.41. The number of aryl methyl sites for hydroxylation is 1. The fraction of sp³-hybridized carbons (Fsp3) is 0.231. The summed E-state index contributed by atoms with van der Waals surface area (Å²) >= 11 is 7.84. The fourth-order valence-corrected chi connectivity index (χ4v) is 2.63. The number of furan rings is 1. The van der Waals surface area contributed by atoms with E-state index in [0.717, 1.165) is 26.1 Å². The van der Waals surface area contributed by atoms with Crippen LogP contribution in [0.4, 0.5) is 0 Å². The first kappa shape index (κ1) is 12.6. The molecule has 2 rings (SSSR count). The lowest BCUT2D eigenvalue weighted by Crippen LogP contribution is -2.04. The predicted molar refractivity (Wildman–Crippen MR) is 71.6 cm³/mol. The molecule has 1 aromatic heterocycles. The second kappa shape index (κ2) is 5.17. The Hall–Kier alpha value is -0.900. The maximum absolute atomic E-state index is 6.24. The van der Waals surface area contributed by atoms with Crippen molar-refractivity contribution in [3.05, 3.63) is 46.9 Å². The quantitative estimate of drug-likeness (QED) is 0.895. The topological polar surface area (TPSA) is 39.2 Å². The van der Waals surface area contributed by atoms with Crippen LogP contribution in [0, 0.1) is 6.92 Å². The van der Waals surface area contributed by atoms with Crippen molar-refractivity contribution in [1.29, 1.82) is 0 Å². The van der Waals surface area contributed by atoms with Crippen molar-refractivity contribution in [1.82, 2.24) is 0 Å². The Bertz CT molecular complexity index is 522. The summed E-state index contributed by atoms with van der Waals surface area (Å²) in [5.74, 6) is 0.905. The Morgan fingerprint density at radius 3 is 2.59 bits per heavy atom. The average Bonchev–Trinajstić information content (AvgIpc) is 2.67. The van der Waals surface area contributed by atoms with Crippen molar-refractivity contribution < 1.29 is 4.42 Å². The molecule has 1 heterocycles. The van der Waals surface area contributed by atoms with Crippen LogP contribution < -0.4 is 5.73 Å². The van der Waals surface area contributed by atoms with Gasteiger partial charge in [0.2, 0.25) is 0 Å². The number of halogens is 1. The van der Waals surface area contributed by atoms with Gasteiger partial charge in [0.05, 0.1) is 16.2 Å². The van der Waals surface area contributed by atoms with Gasteiger partial charge in [0.1, 0.15) is 5.76 Å². The molecule has 0 saturated heterocycles. The average molecular weight is 268 g/mol. The molecule has 4 heteroatoms. The highest BCUT2D eigenvalue weighted by atomic mass is 35.5. The largest absolute Gasteiger partial charge is 0.468 e. The van der Waals surface area contributed by atoms with Gasteiger partial charge in [-0.3, -0.25) is 0 Å². The molecule has 0 aliphatic carbocycles. The van der Waals surface area contributed by atoms with Crippen LogP contribution in [0.3, 0.4) is 0 Å². The van der Waals surface area contributed by atoms with E-state index in [0.29, 0.717) is 0 Å². The Labute approximate surface area is 110 Å². The Morgan fingerprint density at radius 2 is 2.06 bits per heavy atom. The number of hydrogen-bond donors (Lipinski definition) is 1. The number of hydrogen-bond acceptors (Lipinski definition) is 3. The zero-order valence-electron chi connectivity index (χ0n) is 9.74. The monoisotopic (exact) mass is 267 g/mol. The first-order chi connectivity index (χ1) is 8.08. The molecule has 2 nitrogen and oxygen atoms in total. The third kappa shape index (κ3) is 2.86. The molecule has 2 aromatic rings. The van der Waals surface area contributed by atoms with Gasteiger partial charge in [0, 0.05) is 10.9 Å². The summed E-state index contributed by atoms with van der Waals surface area (Å²) in [6.45, 7) is 3.88. The molecule has 0 bridgehead atoms. The van der Waals surface area contributed by atoms with E-state index >= 15 is 0 Å². The second-order valence-corrected chi connectivity index (χ2v) is 5.41. The second-order valence-electron chi connectivity index (χ2n) is 3.92. The summed E-state index contributed by atoms with van der Waals surface area (Å²) in [4.78, 5) is 2.10. The van der Waals surface area contributed by atoms with Crippen molar-refractivity contribution in [3.8, 4) is 0 Å². The van der Waals surface area contributed by atoms with Crippen LogP contribution in [-0.4, -0.2) is 0 Å². The van der Waals surface area contributed by atoms with E-state index < -0.39 is 0 Å². The molecule has 1 atom stereocenters. The maximum atomic E-state index is 6.24. The maximum Gasteiger partial charge on any atom is 0.114 e. The van der Waals surface area contributed by atoms with Crippen LogP contribution in [-0.2, 0) is 0 Å². The van der Waals surface area contributed by atoms with Gasteiger partial charge in [-0.05, 0) is 37.6 Å². The lowest BCUT2D eigenvalue weighted by Gasteiger charge is -2.09. The van der Waals surface area contributed by atoms with Crippen molar-refractivity contribution >= 4 is 23.4 Å². The van der Waals surface area contributed by atoms with E-state index in [1.165, 1.54) is 0 Å². The van der Waals surface area contributed by atoms with E-state index in [1.54, 1.807) is 18.0 Å². The van der Waals surface area contributed by atoms with E-state index in [1.807, 2.05) is 38.1 Å². The van der Waals surface area contributed by atoms with Crippen LogP contribution >= 0.6 is 23.4 Å². The van der Waals surface area contributed by atoms with E-state index in [-0.39, 0.29) is 6.04 Å².